The van der Waals surface area contributed by atoms with Crippen molar-refractivity contribution in [2.45, 2.75) is 0 Å². The molecule has 0 heterocycles. The molecule has 0 saturated heterocycles. The minimum absolute atomic E-state index is 0. The largest absolute Gasteiger partial charge is 0 e. The molecule has 0 aromatic carbocycles. The molecule has 1 atom stereocenters. The molecule has 0 aromatic heterocycles. The summed E-state index contributed by atoms with van der Waals surface area (Å²) in [5, 5.41) is 0. The average Bonchev–Trinajstić information content (AvgIpc) is 1.60. The van der Waals surface area contributed by atoms with E-state index in [1.54, 1.807) is 0 Å². The molecule has 0 aromatic rings. The van der Waals surface area contributed by atoms with Crippen molar-refractivity contribution in [3.05, 3.63) is 0 Å². The van der Waals surface area contributed by atoms with E-state index < -0.39 is 15.6 Å². The predicted molar refractivity (Wildman–Crippen MR) is 37.1 cm³/mol. The molecular formula is CH7NaO7P2V. The van der Waals surface area contributed by atoms with Crippen LogP contribution in [0.15, 0.2) is 0 Å². The van der Waals surface area contributed by atoms with Gasteiger partial charge in [-0.25, -0.2) is 9.13 Å². The third kappa shape index (κ3) is 11.8. The zero-order chi connectivity index (χ0) is 8.41. The van der Waals surface area contributed by atoms with Crippen LogP contribution in [0.3, 0.4) is 0 Å². The number of phosphoric acid groups is 2. The van der Waals surface area contributed by atoms with Gasteiger partial charge in [-0.3, -0.25) is 4.52 Å². The fraction of sp³-hybridized carbons (Fsp3) is 1.00. The molecule has 0 amide bonds. The van der Waals surface area contributed by atoms with E-state index in [2.05, 4.69) is 8.83 Å². The SMILES string of the molecule is COP(=O)(O)OP(=O)(O)O.[NaH].[V]. The van der Waals surface area contributed by atoms with E-state index in [1.165, 1.54) is 0 Å². The summed E-state index contributed by atoms with van der Waals surface area (Å²) in [6.45, 7) is 0. The van der Waals surface area contributed by atoms with Crippen molar-refractivity contribution in [3.8, 4) is 0 Å². The fourth-order valence-corrected chi connectivity index (χ4v) is 1.51. The third-order valence-corrected chi connectivity index (χ3v) is 2.58. The summed E-state index contributed by atoms with van der Waals surface area (Å²) < 4.78 is 27.1. The summed E-state index contributed by atoms with van der Waals surface area (Å²) >= 11 is 0. The molecule has 0 spiro atoms. The average molecular weight is 267 g/mol. The monoisotopic (exact) mass is 267 g/mol. The van der Waals surface area contributed by atoms with Crippen LogP contribution in [0.1, 0.15) is 0 Å². The van der Waals surface area contributed by atoms with Crippen LogP contribution < -0.4 is 0 Å². The Morgan fingerprint density at radius 3 is 1.58 bits per heavy atom. The van der Waals surface area contributed by atoms with Gasteiger partial charge in [0.1, 0.15) is 0 Å². The van der Waals surface area contributed by atoms with Crippen molar-refractivity contribution in [1.29, 1.82) is 0 Å². The van der Waals surface area contributed by atoms with Gasteiger partial charge in [-0.1, -0.05) is 0 Å². The Kier molecular flexibility index (Phi) is 11.6. The summed E-state index contributed by atoms with van der Waals surface area (Å²) in [6, 6.07) is 0. The topological polar surface area (TPSA) is 113 Å². The fourth-order valence-electron chi connectivity index (χ4n) is 0.168. The molecule has 7 nitrogen and oxygen atoms in total. The van der Waals surface area contributed by atoms with Crippen molar-refractivity contribution >= 4 is 45.2 Å². The molecule has 1 unspecified atom stereocenters. The maximum absolute atomic E-state index is 10.2. The summed E-state index contributed by atoms with van der Waals surface area (Å²) in [5.41, 5.74) is 0. The van der Waals surface area contributed by atoms with Crippen LogP contribution in [-0.4, -0.2) is 51.3 Å². The van der Waals surface area contributed by atoms with Crippen molar-refractivity contribution in [1.82, 2.24) is 0 Å². The number of rotatable bonds is 3. The smallest absolute Gasteiger partial charge is 0 e. The second kappa shape index (κ2) is 7.18. The molecule has 0 fully saturated rings. The van der Waals surface area contributed by atoms with Crippen LogP contribution >= 0.6 is 15.6 Å². The maximum atomic E-state index is 10.2. The molecule has 3 N–H and O–H groups in total. The Morgan fingerprint density at radius 2 is 1.50 bits per heavy atom. The second-order valence-electron chi connectivity index (χ2n) is 1.22. The first-order valence-corrected chi connectivity index (χ1v) is 4.95. The zero-order valence-electron chi connectivity index (χ0n) is 5.32. The van der Waals surface area contributed by atoms with Gasteiger partial charge in [0.2, 0.25) is 0 Å². The quantitative estimate of drug-likeness (QED) is 0.452. The van der Waals surface area contributed by atoms with Crippen molar-refractivity contribution in [2.24, 2.45) is 0 Å². The molecule has 0 aliphatic carbocycles. The van der Waals surface area contributed by atoms with Gasteiger partial charge in [-0.2, -0.15) is 4.31 Å². The van der Waals surface area contributed by atoms with E-state index in [9.17, 15) is 9.13 Å². The molecule has 11 heteroatoms. The molecule has 0 bridgehead atoms. The Morgan fingerprint density at radius 1 is 1.17 bits per heavy atom. The van der Waals surface area contributed by atoms with E-state index in [1.807, 2.05) is 0 Å². The maximum Gasteiger partial charge on any atom is 0 e. The summed E-state index contributed by atoms with van der Waals surface area (Å²) in [6.07, 6.45) is 0. The van der Waals surface area contributed by atoms with E-state index >= 15 is 0 Å². The van der Waals surface area contributed by atoms with Gasteiger partial charge in [-0.05, 0) is 0 Å². The Hall–Kier alpha value is 1.84. The van der Waals surface area contributed by atoms with Crippen molar-refractivity contribution in [2.75, 3.05) is 7.11 Å². The Labute approximate surface area is 103 Å². The third-order valence-electron chi connectivity index (χ3n) is 0.440. The Balaban J connectivity index is -0.000000405. The standard InChI is InChI=1S/CH6O7P2.Na.V.H/c1-7-10(5,6)8-9(2,3)4;;;/h1H3,(H,5,6)(H2,2,3,4);;;. The summed E-state index contributed by atoms with van der Waals surface area (Å²) in [5.74, 6) is 0. The first kappa shape index (κ1) is 19.4. The summed E-state index contributed by atoms with van der Waals surface area (Å²) in [7, 11) is -8.71. The van der Waals surface area contributed by atoms with Crippen LogP contribution in [-0.2, 0) is 36.5 Å². The van der Waals surface area contributed by atoms with Crippen molar-refractivity contribution < 1.29 is 51.2 Å². The number of hydrogen-bond acceptors (Lipinski definition) is 4. The van der Waals surface area contributed by atoms with Crippen LogP contribution in [0.25, 0.3) is 0 Å². The number of phosphoric ester groups is 1. The zero-order valence-corrected chi connectivity index (χ0v) is 8.50. The second-order valence-corrected chi connectivity index (χ2v) is 4.16. The van der Waals surface area contributed by atoms with Crippen LogP contribution in [0, 0.1) is 0 Å². The first-order valence-electron chi connectivity index (χ1n) is 1.92. The van der Waals surface area contributed by atoms with Gasteiger partial charge in [-0.15, -0.1) is 0 Å². The number of hydrogen-bond donors (Lipinski definition) is 3. The van der Waals surface area contributed by atoms with Gasteiger partial charge in [0.05, 0.1) is 0 Å². The molecular weight excluding hydrogens is 260 g/mol. The molecule has 69 valence electrons. The van der Waals surface area contributed by atoms with Gasteiger partial charge in [0, 0.05) is 25.7 Å². The minimum atomic E-state index is -4.94. The molecule has 0 aliphatic rings. The van der Waals surface area contributed by atoms with Crippen LogP contribution in [0.5, 0.6) is 0 Å². The van der Waals surface area contributed by atoms with E-state index in [4.69, 9.17) is 14.7 Å². The minimum Gasteiger partial charge on any atom is 0 e. The van der Waals surface area contributed by atoms with E-state index in [-0.39, 0.29) is 48.1 Å². The van der Waals surface area contributed by atoms with Crippen LogP contribution in [0.2, 0.25) is 0 Å². The van der Waals surface area contributed by atoms with E-state index in [0.717, 1.165) is 7.11 Å². The summed E-state index contributed by atoms with van der Waals surface area (Å²) in [4.78, 5) is 24.2. The Bertz CT molecular complexity index is 200. The van der Waals surface area contributed by atoms with Gasteiger partial charge in [0.15, 0.2) is 0 Å². The van der Waals surface area contributed by atoms with Crippen LogP contribution in [0.4, 0.5) is 0 Å². The molecule has 12 heavy (non-hydrogen) atoms. The molecule has 1 radical (unpaired) electrons. The first-order chi connectivity index (χ1) is 4.27. The van der Waals surface area contributed by atoms with Gasteiger partial charge < -0.3 is 14.7 Å². The van der Waals surface area contributed by atoms with Crippen molar-refractivity contribution in [3.63, 3.8) is 0 Å². The molecule has 0 saturated carbocycles. The van der Waals surface area contributed by atoms with E-state index in [0.29, 0.717) is 0 Å². The van der Waals surface area contributed by atoms with Gasteiger partial charge in [0.25, 0.3) is 0 Å². The predicted octanol–water partition coefficient (Wildman–Crippen LogP) is -0.809. The van der Waals surface area contributed by atoms with Gasteiger partial charge >= 0.3 is 45.2 Å². The normalized spacial score (nSPS) is 15.3. The molecule has 0 aliphatic heterocycles. The molecule has 0 rings (SSSR count).